The van der Waals surface area contributed by atoms with Gasteiger partial charge in [0.05, 0.1) is 6.04 Å². The molecule has 2 rings (SSSR count). The van der Waals surface area contributed by atoms with E-state index in [0.29, 0.717) is 0 Å². The van der Waals surface area contributed by atoms with Gasteiger partial charge < -0.3 is 10.7 Å². The lowest BCUT2D eigenvalue weighted by molar-refractivity contribution is -0.122. The van der Waals surface area contributed by atoms with Gasteiger partial charge in [-0.15, -0.1) is 0 Å². The summed E-state index contributed by atoms with van der Waals surface area (Å²) < 4.78 is 2.32. The van der Waals surface area contributed by atoms with Crippen LogP contribution in [-0.2, 0) is 4.79 Å². The van der Waals surface area contributed by atoms with Crippen molar-refractivity contribution in [3.63, 3.8) is 0 Å². The van der Waals surface area contributed by atoms with Crippen LogP contribution in [0, 0.1) is 0 Å². The number of amides is 1. The molecular weight excluding hydrogens is 182 g/mol. The summed E-state index contributed by atoms with van der Waals surface area (Å²) in [5, 5.41) is 0. The third kappa shape index (κ3) is 1.41. The van der Waals surface area contributed by atoms with E-state index in [4.69, 9.17) is 5.73 Å². The smallest absolute Gasteiger partial charge is 0.229 e. The number of carbonyl (C=O) groups excluding carboxylic acids is 1. The van der Waals surface area contributed by atoms with Crippen LogP contribution in [0.15, 0.2) is 0 Å². The molecule has 3 N–H and O–H groups in total. The van der Waals surface area contributed by atoms with Crippen molar-refractivity contribution in [3.05, 3.63) is 0 Å². The summed E-state index contributed by atoms with van der Waals surface area (Å²) in [6.07, 6.45) is 1.92. The summed E-state index contributed by atoms with van der Waals surface area (Å²) in [6.45, 7) is 5.23. The van der Waals surface area contributed by atoms with E-state index in [0.717, 1.165) is 19.4 Å². The first-order valence-electron chi connectivity index (χ1n) is 4.85. The van der Waals surface area contributed by atoms with Crippen molar-refractivity contribution in [1.29, 1.82) is 0 Å². The van der Waals surface area contributed by atoms with Crippen LogP contribution in [0.25, 0.3) is 0 Å². The Hall–Kier alpha value is -0.393. The SMILES string of the molecule is C[Si]1(C)NC(=O)C2CC[C@@H](N)CN21. The summed E-state index contributed by atoms with van der Waals surface area (Å²) in [7, 11) is -1.65. The van der Waals surface area contributed by atoms with E-state index in [1.807, 2.05) is 0 Å². The summed E-state index contributed by atoms with van der Waals surface area (Å²) in [5.74, 6) is 0.226. The highest BCUT2D eigenvalue weighted by Gasteiger charge is 2.48. The lowest BCUT2D eigenvalue weighted by Crippen LogP contribution is -2.58. The number of carbonyl (C=O) groups is 1. The van der Waals surface area contributed by atoms with Gasteiger partial charge in [-0.2, -0.15) is 0 Å². The third-order valence-electron chi connectivity index (χ3n) is 3.07. The first-order chi connectivity index (χ1) is 6.00. The molecule has 1 amide bonds. The minimum Gasteiger partial charge on any atom is -0.368 e. The summed E-state index contributed by atoms with van der Waals surface area (Å²) in [4.78, 5) is 14.7. The average molecular weight is 199 g/mol. The Morgan fingerprint density at radius 1 is 1.54 bits per heavy atom. The number of rotatable bonds is 0. The van der Waals surface area contributed by atoms with E-state index in [1.165, 1.54) is 0 Å². The lowest BCUT2D eigenvalue weighted by Gasteiger charge is -2.37. The van der Waals surface area contributed by atoms with Crippen LogP contribution in [0.4, 0.5) is 0 Å². The Morgan fingerprint density at radius 2 is 2.23 bits per heavy atom. The van der Waals surface area contributed by atoms with E-state index in [9.17, 15) is 4.79 Å². The molecule has 2 saturated heterocycles. The second kappa shape index (κ2) is 2.80. The molecular formula is C8H17N3OSi. The molecule has 0 saturated carbocycles. The fourth-order valence-corrected chi connectivity index (χ4v) is 4.98. The minimum absolute atomic E-state index is 0.126. The summed E-state index contributed by atoms with van der Waals surface area (Å²) in [5.41, 5.74) is 5.90. The minimum atomic E-state index is -1.65. The maximum absolute atomic E-state index is 11.6. The van der Waals surface area contributed by atoms with Gasteiger partial charge in [-0.3, -0.25) is 9.36 Å². The van der Waals surface area contributed by atoms with Crippen LogP contribution in [0.5, 0.6) is 0 Å². The molecule has 2 fully saturated rings. The zero-order valence-corrected chi connectivity index (χ0v) is 9.21. The normalized spacial score (nSPS) is 38.5. The first-order valence-corrected chi connectivity index (χ1v) is 7.80. The molecule has 13 heavy (non-hydrogen) atoms. The third-order valence-corrected chi connectivity index (χ3v) is 5.86. The topological polar surface area (TPSA) is 58.4 Å². The molecule has 0 radical (unpaired) electrons. The van der Waals surface area contributed by atoms with Crippen LogP contribution in [-0.4, -0.2) is 37.5 Å². The van der Waals surface area contributed by atoms with Crippen LogP contribution in [0.1, 0.15) is 12.8 Å². The van der Waals surface area contributed by atoms with Gasteiger partial charge in [-0.25, -0.2) is 0 Å². The van der Waals surface area contributed by atoms with Gasteiger partial charge in [-0.1, -0.05) is 0 Å². The van der Waals surface area contributed by atoms with Gasteiger partial charge in [0.25, 0.3) is 0 Å². The Labute approximate surface area is 79.6 Å². The summed E-state index contributed by atoms with van der Waals surface area (Å²) in [6, 6.07) is 0.386. The largest absolute Gasteiger partial charge is 0.368 e. The molecule has 4 nitrogen and oxygen atoms in total. The van der Waals surface area contributed by atoms with Crippen molar-refractivity contribution in [3.8, 4) is 0 Å². The van der Waals surface area contributed by atoms with Crippen molar-refractivity contribution in [1.82, 2.24) is 9.55 Å². The number of nitrogens with zero attached hydrogens (tertiary/aromatic N) is 1. The fraction of sp³-hybridized carbons (Fsp3) is 0.875. The molecule has 2 aliphatic heterocycles. The number of fused-ring (bicyclic) bond motifs is 1. The van der Waals surface area contributed by atoms with E-state index >= 15 is 0 Å². The van der Waals surface area contributed by atoms with Crippen LogP contribution in [0.3, 0.4) is 0 Å². The maximum Gasteiger partial charge on any atom is 0.229 e. The molecule has 2 atom stereocenters. The Bertz CT molecular complexity index is 244. The van der Waals surface area contributed by atoms with E-state index < -0.39 is 8.40 Å². The standard InChI is InChI=1S/C8H17N3OSi/c1-13(2)10-8(12)7-4-3-6(9)5-11(7)13/h6-7H,3-5,9H2,1-2H3,(H,10,12)/t6-,7?/m1/s1. The predicted molar refractivity (Wildman–Crippen MR) is 53.3 cm³/mol. The van der Waals surface area contributed by atoms with Gasteiger partial charge >= 0.3 is 0 Å². The molecule has 2 heterocycles. The molecule has 2 aliphatic rings. The molecule has 0 aliphatic carbocycles. The molecule has 0 aromatic rings. The van der Waals surface area contributed by atoms with Crippen molar-refractivity contribution in [2.24, 2.45) is 5.73 Å². The lowest BCUT2D eigenvalue weighted by atomic mass is 10.0. The van der Waals surface area contributed by atoms with Crippen LogP contribution in [0.2, 0.25) is 13.1 Å². The molecule has 5 heteroatoms. The van der Waals surface area contributed by atoms with Crippen LogP contribution >= 0.6 is 0 Å². The van der Waals surface area contributed by atoms with Crippen molar-refractivity contribution in [2.45, 2.75) is 38.0 Å². The highest BCUT2D eigenvalue weighted by atomic mass is 28.3. The maximum atomic E-state index is 11.6. The molecule has 0 aromatic carbocycles. The van der Waals surface area contributed by atoms with Gasteiger partial charge in [0.2, 0.25) is 14.3 Å². The Morgan fingerprint density at radius 3 is 2.92 bits per heavy atom. The molecule has 74 valence electrons. The van der Waals surface area contributed by atoms with E-state index in [1.54, 1.807) is 0 Å². The molecule has 0 spiro atoms. The van der Waals surface area contributed by atoms with Gasteiger partial charge in [0.1, 0.15) is 0 Å². The monoisotopic (exact) mass is 199 g/mol. The second-order valence-corrected chi connectivity index (χ2v) is 8.50. The number of hydrogen-bond donors (Lipinski definition) is 2. The fourth-order valence-electron chi connectivity index (χ4n) is 2.35. The second-order valence-electron chi connectivity index (χ2n) is 4.55. The van der Waals surface area contributed by atoms with Crippen molar-refractivity contribution >= 4 is 14.3 Å². The van der Waals surface area contributed by atoms with Gasteiger partial charge in [0.15, 0.2) is 0 Å². The van der Waals surface area contributed by atoms with Crippen LogP contribution < -0.4 is 10.7 Å². The Balaban J connectivity index is 2.21. The highest BCUT2D eigenvalue weighted by molar-refractivity contribution is 6.76. The average Bonchev–Trinajstić information content (AvgIpc) is 2.23. The zero-order chi connectivity index (χ0) is 9.64. The van der Waals surface area contributed by atoms with Gasteiger partial charge in [-0.05, 0) is 25.9 Å². The predicted octanol–water partition coefficient (Wildman–Crippen LogP) is -0.390. The first kappa shape index (κ1) is 9.17. The summed E-state index contributed by atoms with van der Waals surface area (Å²) >= 11 is 0. The Kier molecular flexibility index (Phi) is 1.97. The zero-order valence-electron chi connectivity index (χ0n) is 8.21. The van der Waals surface area contributed by atoms with E-state index in [-0.39, 0.29) is 18.0 Å². The number of nitrogens with two attached hydrogens (primary N) is 1. The van der Waals surface area contributed by atoms with Gasteiger partial charge in [0, 0.05) is 12.6 Å². The number of piperidine rings is 1. The molecule has 0 bridgehead atoms. The molecule has 1 unspecified atom stereocenters. The van der Waals surface area contributed by atoms with E-state index in [2.05, 4.69) is 22.6 Å². The number of hydrogen-bond acceptors (Lipinski definition) is 3. The van der Waals surface area contributed by atoms with Crippen molar-refractivity contribution < 1.29 is 4.79 Å². The number of nitrogens with one attached hydrogen (secondary N) is 1. The highest BCUT2D eigenvalue weighted by Crippen LogP contribution is 2.26. The van der Waals surface area contributed by atoms with Crippen molar-refractivity contribution in [2.75, 3.05) is 6.54 Å². The molecule has 0 aromatic heterocycles. The quantitative estimate of drug-likeness (QED) is 0.522.